The average Bonchev–Trinajstić information content (AvgIpc) is 3.26. The number of hydrogen-bond acceptors (Lipinski definition) is 9. The van der Waals surface area contributed by atoms with Crippen molar-refractivity contribution in [3.63, 3.8) is 0 Å². The molecule has 10 heteroatoms. The molecular formula is C31H30N8O2. The highest BCUT2D eigenvalue weighted by Crippen LogP contribution is 2.39. The number of rotatable bonds is 8. The zero-order valence-electron chi connectivity index (χ0n) is 22.9. The van der Waals surface area contributed by atoms with Gasteiger partial charge in [0.2, 0.25) is 5.91 Å². The lowest BCUT2D eigenvalue weighted by Gasteiger charge is -2.33. The molecule has 206 valence electrons. The Balaban J connectivity index is 1.25. The second kappa shape index (κ2) is 10.8. The van der Waals surface area contributed by atoms with Crippen molar-refractivity contribution < 1.29 is 9.53 Å². The van der Waals surface area contributed by atoms with Gasteiger partial charge in [-0.15, -0.1) is 0 Å². The van der Waals surface area contributed by atoms with Crippen molar-refractivity contribution in [2.75, 3.05) is 17.7 Å². The molecule has 2 aliphatic rings. The summed E-state index contributed by atoms with van der Waals surface area (Å²) in [5.74, 6) is 1.89. The van der Waals surface area contributed by atoms with E-state index in [9.17, 15) is 4.79 Å². The summed E-state index contributed by atoms with van der Waals surface area (Å²) in [7, 11) is 1.79. The summed E-state index contributed by atoms with van der Waals surface area (Å²) in [4.78, 5) is 28.2. The zero-order chi connectivity index (χ0) is 28.5. The number of carbonyl (C=O) groups excluding carboxylic acids is 1. The smallest absolute Gasteiger partial charge is 0.246 e. The first-order chi connectivity index (χ1) is 20.0. The predicted molar refractivity (Wildman–Crippen MR) is 159 cm³/mol. The van der Waals surface area contributed by atoms with Gasteiger partial charge in [-0.05, 0) is 85.9 Å². The molecule has 0 aliphatic carbocycles. The van der Waals surface area contributed by atoms with Crippen molar-refractivity contribution in [2.45, 2.75) is 38.3 Å². The summed E-state index contributed by atoms with van der Waals surface area (Å²) >= 11 is 0. The Morgan fingerprint density at radius 2 is 2.05 bits per heavy atom. The van der Waals surface area contributed by atoms with Crippen LogP contribution in [0.5, 0.6) is 11.5 Å². The highest BCUT2D eigenvalue weighted by atomic mass is 16.5. The van der Waals surface area contributed by atoms with Crippen LogP contribution in [0.15, 0.2) is 78.7 Å². The molecule has 1 amide bonds. The molecule has 2 aromatic carbocycles. The number of nitrogens with zero attached hydrogens (tertiary/aromatic N) is 5. The van der Waals surface area contributed by atoms with Gasteiger partial charge < -0.3 is 20.3 Å². The number of anilines is 3. The lowest BCUT2D eigenvalue weighted by atomic mass is 9.97. The standard InChI is InChI=1S/C31H30N8O2/c1-4-29(40)39-21-6-7-22(39)15-19(14-21)24-10-11-26-30(37-24)31(35-17-34-26)36-20-5-12-28(18(2)13-20)41-23-8-9-25(33-3)27(16-23)38-32/h4-5,8-14,16-17,21-22,32-33H,1,6-7,15H2,2-3H3,(H,34,35,36). The molecule has 0 saturated carbocycles. The predicted octanol–water partition coefficient (Wildman–Crippen LogP) is 6.91. The van der Waals surface area contributed by atoms with Gasteiger partial charge in [-0.3, -0.25) is 4.79 Å². The lowest BCUT2D eigenvalue weighted by Crippen LogP contribution is -2.42. The maximum Gasteiger partial charge on any atom is 0.246 e. The summed E-state index contributed by atoms with van der Waals surface area (Å²) in [6, 6.07) is 15.4. The van der Waals surface area contributed by atoms with Gasteiger partial charge in [-0.2, -0.15) is 5.11 Å². The number of carbonyl (C=O) groups is 1. The van der Waals surface area contributed by atoms with E-state index in [1.807, 2.05) is 54.3 Å². The van der Waals surface area contributed by atoms with E-state index >= 15 is 0 Å². The number of fused-ring (bicyclic) bond motifs is 3. The van der Waals surface area contributed by atoms with Gasteiger partial charge in [0, 0.05) is 24.8 Å². The lowest BCUT2D eigenvalue weighted by molar-refractivity contribution is -0.128. The fourth-order valence-corrected chi connectivity index (χ4v) is 5.66. The average molecular weight is 547 g/mol. The van der Waals surface area contributed by atoms with Crippen LogP contribution in [0.4, 0.5) is 22.9 Å². The number of amides is 1. The number of benzene rings is 2. The maximum atomic E-state index is 12.4. The minimum atomic E-state index is -0.00862. The molecule has 1 fully saturated rings. The van der Waals surface area contributed by atoms with Crippen molar-refractivity contribution in [1.29, 1.82) is 5.53 Å². The molecule has 1 saturated heterocycles. The van der Waals surface area contributed by atoms with Crippen LogP contribution < -0.4 is 15.4 Å². The van der Waals surface area contributed by atoms with E-state index in [-0.39, 0.29) is 18.0 Å². The van der Waals surface area contributed by atoms with E-state index in [0.29, 0.717) is 28.5 Å². The SMILES string of the molecule is C=CC(=O)N1C2C=C(c3ccc4ncnc(Nc5ccc(Oc6ccc(NC)c(N=N)c6)c(C)c5)c4n3)CC1CC2. The van der Waals surface area contributed by atoms with Crippen molar-refractivity contribution in [2.24, 2.45) is 5.11 Å². The Morgan fingerprint density at radius 1 is 1.17 bits per heavy atom. The van der Waals surface area contributed by atoms with Crippen molar-refractivity contribution >= 4 is 45.4 Å². The fraction of sp³-hybridized carbons (Fsp3) is 0.226. The highest BCUT2D eigenvalue weighted by molar-refractivity contribution is 5.90. The van der Waals surface area contributed by atoms with E-state index in [1.165, 1.54) is 12.4 Å². The molecule has 10 nitrogen and oxygen atoms in total. The van der Waals surface area contributed by atoms with Crippen LogP contribution in [0.3, 0.4) is 0 Å². The molecule has 0 spiro atoms. The summed E-state index contributed by atoms with van der Waals surface area (Å²) < 4.78 is 6.09. The number of ether oxygens (including phenoxy) is 1. The van der Waals surface area contributed by atoms with Crippen LogP contribution >= 0.6 is 0 Å². The van der Waals surface area contributed by atoms with Crippen LogP contribution in [0, 0.1) is 12.5 Å². The monoisotopic (exact) mass is 546 g/mol. The van der Waals surface area contributed by atoms with Gasteiger partial charge in [0.05, 0.1) is 22.9 Å². The molecule has 6 rings (SSSR count). The Hall–Kier alpha value is -5.12. The number of aromatic nitrogens is 3. The molecule has 41 heavy (non-hydrogen) atoms. The zero-order valence-corrected chi connectivity index (χ0v) is 22.9. The molecule has 4 aromatic rings. The molecule has 3 N–H and O–H groups in total. The molecule has 2 aromatic heterocycles. The molecule has 0 radical (unpaired) electrons. The fourth-order valence-electron chi connectivity index (χ4n) is 5.66. The van der Waals surface area contributed by atoms with Gasteiger partial charge in [0.15, 0.2) is 5.82 Å². The summed E-state index contributed by atoms with van der Waals surface area (Å²) in [5, 5.41) is 9.99. The first-order valence-corrected chi connectivity index (χ1v) is 13.5. The third kappa shape index (κ3) is 5.00. The van der Waals surface area contributed by atoms with Gasteiger partial charge >= 0.3 is 0 Å². The van der Waals surface area contributed by atoms with E-state index in [0.717, 1.165) is 53.0 Å². The number of pyridine rings is 1. The van der Waals surface area contributed by atoms with Crippen molar-refractivity contribution in [3.8, 4) is 11.5 Å². The van der Waals surface area contributed by atoms with Gasteiger partial charge in [-0.25, -0.2) is 20.5 Å². The Labute approximate surface area is 237 Å². The van der Waals surface area contributed by atoms with Crippen LogP contribution in [0.2, 0.25) is 0 Å². The maximum absolute atomic E-state index is 12.4. The van der Waals surface area contributed by atoms with Gasteiger partial charge in [0.25, 0.3) is 0 Å². The topological polar surface area (TPSA) is 128 Å². The third-order valence-electron chi connectivity index (χ3n) is 7.66. The van der Waals surface area contributed by atoms with Crippen LogP contribution in [0.1, 0.15) is 30.5 Å². The highest BCUT2D eigenvalue weighted by Gasteiger charge is 2.39. The second-order valence-corrected chi connectivity index (χ2v) is 10.2. The number of nitrogens with one attached hydrogen (secondary N) is 3. The Bertz CT molecular complexity index is 1720. The largest absolute Gasteiger partial charge is 0.457 e. The minimum absolute atomic E-state index is 0.00862. The summed E-state index contributed by atoms with van der Waals surface area (Å²) in [5.41, 5.74) is 13.9. The molecular weight excluding hydrogens is 516 g/mol. The van der Waals surface area contributed by atoms with E-state index < -0.39 is 0 Å². The van der Waals surface area contributed by atoms with E-state index in [4.69, 9.17) is 15.3 Å². The summed E-state index contributed by atoms with van der Waals surface area (Å²) in [6.45, 7) is 5.63. The first-order valence-electron chi connectivity index (χ1n) is 13.5. The van der Waals surface area contributed by atoms with Crippen molar-refractivity contribution in [1.82, 2.24) is 19.9 Å². The molecule has 4 heterocycles. The Kier molecular flexibility index (Phi) is 6.88. The summed E-state index contributed by atoms with van der Waals surface area (Å²) in [6.07, 6.45) is 7.80. The van der Waals surface area contributed by atoms with E-state index in [2.05, 4.69) is 38.4 Å². The normalized spacial score (nSPS) is 17.6. The van der Waals surface area contributed by atoms with Crippen molar-refractivity contribution in [3.05, 3.63) is 84.8 Å². The quantitative estimate of drug-likeness (QED) is 0.162. The van der Waals surface area contributed by atoms with Crippen LogP contribution in [0.25, 0.3) is 16.6 Å². The Morgan fingerprint density at radius 3 is 2.80 bits per heavy atom. The van der Waals surface area contributed by atoms with Crippen LogP contribution in [-0.4, -0.2) is 44.9 Å². The molecule has 2 aliphatic heterocycles. The van der Waals surface area contributed by atoms with E-state index in [1.54, 1.807) is 13.1 Å². The van der Waals surface area contributed by atoms with Gasteiger partial charge in [0.1, 0.15) is 29.0 Å². The molecule has 2 bridgehead atoms. The second-order valence-electron chi connectivity index (χ2n) is 10.2. The minimum Gasteiger partial charge on any atom is -0.457 e. The number of hydrogen-bond donors (Lipinski definition) is 3. The molecule has 2 atom stereocenters. The molecule has 2 unspecified atom stereocenters. The third-order valence-corrected chi connectivity index (χ3v) is 7.66. The van der Waals surface area contributed by atoms with Gasteiger partial charge in [-0.1, -0.05) is 12.7 Å². The first kappa shape index (κ1) is 26.1. The van der Waals surface area contributed by atoms with Crippen LogP contribution in [-0.2, 0) is 4.79 Å². The number of aryl methyl sites for hydroxylation is 1.